The Morgan fingerprint density at radius 1 is 1.14 bits per heavy atom. The minimum absolute atomic E-state index is 0.0475. The van der Waals surface area contributed by atoms with Gasteiger partial charge in [-0.25, -0.2) is 9.97 Å². The van der Waals surface area contributed by atoms with Gasteiger partial charge in [-0.15, -0.1) is 11.3 Å². The van der Waals surface area contributed by atoms with Crippen LogP contribution in [0.5, 0.6) is 5.75 Å². The highest BCUT2D eigenvalue weighted by Crippen LogP contribution is 2.27. The number of halogens is 2. The summed E-state index contributed by atoms with van der Waals surface area (Å²) in [6.07, 6.45) is 1.58. The van der Waals surface area contributed by atoms with Crippen molar-refractivity contribution >= 4 is 46.3 Å². The number of anilines is 1. The van der Waals surface area contributed by atoms with E-state index in [-0.39, 0.29) is 5.91 Å². The molecule has 9 heteroatoms. The van der Waals surface area contributed by atoms with E-state index in [1.165, 1.54) is 11.3 Å². The second kappa shape index (κ2) is 8.98. The van der Waals surface area contributed by atoms with Gasteiger partial charge in [0.1, 0.15) is 18.2 Å². The molecule has 0 radical (unpaired) electrons. The molecule has 1 fully saturated rings. The number of rotatable bonds is 5. The number of para-hydroxylation sites is 1. The Bertz CT molecular complexity index is 992. The number of carbonyl (C=O) groups is 1. The number of thiazole rings is 1. The Kier molecular flexibility index (Phi) is 6.18. The summed E-state index contributed by atoms with van der Waals surface area (Å²) >= 11 is 13.7. The monoisotopic (exact) mass is 448 g/mol. The standard InChI is InChI=1S/C20H18Cl2N4O2S/c21-14-9-17(22)19(23-10-14)25-5-7-26(8-6-25)20(27)16-3-1-2-4-18(16)28-11-15-12-29-13-24-15/h1-4,9-10,12-13H,5-8,11H2. The fourth-order valence-corrected chi connectivity index (χ4v) is 4.20. The van der Waals surface area contributed by atoms with Crippen molar-refractivity contribution < 1.29 is 9.53 Å². The molecule has 0 bridgehead atoms. The molecule has 4 rings (SSSR count). The third-order valence-electron chi connectivity index (χ3n) is 4.63. The molecular formula is C20H18Cl2N4O2S. The number of aromatic nitrogens is 2. The molecule has 1 aromatic carbocycles. The molecule has 0 atom stereocenters. The zero-order valence-corrected chi connectivity index (χ0v) is 17.8. The van der Waals surface area contributed by atoms with E-state index in [9.17, 15) is 4.79 Å². The van der Waals surface area contributed by atoms with Crippen LogP contribution in [0.25, 0.3) is 0 Å². The van der Waals surface area contributed by atoms with Crippen LogP contribution in [0.2, 0.25) is 10.0 Å². The highest BCUT2D eigenvalue weighted by Gasteiger charge is 2.25. The molecule has 0 unspecified atom stereocenters. The first kappa shape index (κ1) is 19.9. The highest BCUT2D eigenvalue weighted by atomic mass is 35.5. The number of benzene rings is 1. The molecule has 0 N–H and O–H groups in total. The highest BCUT2D eigenvalue weighted by molar-refractivity contribution is 7.07. The van der Waals surface area contributed by atoms with E-state index in [1.807, 2.05) is 28.5 Å². The summed E-state index contributed by atoms with van der Waals surface area (Å²) in [5, 5.41) is 2.94. The van der Waals surface area contributed by atoms with Crippen LogP contribution in [0.4, 0.5) is 5.82 Å². The normalized spacial score (nSPS) is 14.1. The summed E-state index contributed by atoms with van der Waals surface area (Å²) in [7, 11) is 0. The summed E-state index contributed by atoms with van der Waals surface area (Å²) < 4.78 is 5.86. The lowest BCUT2D eigenvalue weighted by molar-refractivity contribution is 0.0741. The topological polar surface area (TPSA) is 58.6 Å². The molecule has 2 aromatic heterocycles. The summed E-state index contributed by atoms with van der Waals surface area (Å²) in [4.78, 5) is 25.5. The lowest BCUT2D eigenvalue weighted by Gasteiger charge is -2.36. The smallest absolute Gasteiger partial charge is 0.257 e. The van der Waals surface area contributed by atoms with Gasteiger partial charge >= 0.3 is 0 Å². The van der Waals surface area contributed by atoms with Crippen LogP contribution in [0.3, 0.4) is 0 Å². The zero-order valence-electron chi connectivity index (χ0n) is 15.4. The molecule has 1 saturated heterocycles. The fourth-order valence-electron chi connectivity index (χ4n) is 3.16. The van der Waals surface area contributed by atoms with Crippen molar-refractivity contribution in [1.82, 2.24) is 14.9 Å². The van der Waals surface area contributed by atoms with Crippen molar-refractivity contribution in [3.63, 3.8) is 0 Å². The third-order valence-corrected chi connectivity index (χ3v) is 5.75. The predicted molar refractivity (Wildman–Crippen MR) is 115 cm³/mol. The maximum atomic E-state index is 13.1. The maximum Gasteiger partial charge on any atom is 0.257 e. The number of ether oxygens (including phenoxy) is 1. The van der Waals surface area contributed by atoms with Gasteiger partial charge in [-0.2, -0.15) is 0 Å². The number of piperazine rings is 1. The van der Waals surface area contributed by atoms with Crippen LogP contribution in [-0.2, 0) is 6.61 Å². The number of nitrogens with zero attached hydrogens (tertiary/aromatic N) is 4. The van der Waals surface area contributed by atoms with Gasteiger partial charge in [0.25, 0.3) is 5.91 Å². The van der Waals surface area contributed by atoms with E-state index < -0.39 is 0 Å². The third kappa shape index (κ3) is 4.63. The van der Waals surface area contributed by atoms with E-state index in [4.69, 9.17) is 27.9 Å². The van der Waals surface area contributed by atoms with Crippen molar-refractivity contribution in [1.29, 1.82) is 0 Å². The largest absolute Gasteiger partial charge is 0.486 e. The molecule has 1 aliphatic rings. The van der Waals surface area contributed by atoms with Crippen LogP contribution in [0.15, 0.2) is 47.4 Å². The fraction of sp³-hybridized carbons (Fsp3) is 0.250. The van der Waals surface area contributed by atoms with E-state index in [0.29, 0.717) is 60.0 Å². The molecule has 150 valence electrons. The number of hydrogen-bond acceptors (Lipinski definition) is 6. The Morgan fingerprint density at radius 3 is 2.66 bits per heavy atom. The Hall–Kier alpha value is -2.35. The van der Waals surface area contributed by atoms with Crippen LogP contribution < -0.4 is 9.64 Å². The van der Waals surface area contributed by atoms with Crippen LogP contribution in [-0.4, -0.2) is 47.0 Å². The Labute approximate surface area is 182 Å². The van der Waals surface area contributed by atoms with E-state index in [0.717, 1.165) is 5.69 Å². The minimum Gasteiger partial charge on any atom is -0.486 e. The van der Waals surface area contributed by atoms with E-state index in [2.05, 4.69) is 14.9 Å². The summed E-state index contributed by atoms with van der Waals surface area (Å²) in [6.45, 7) is 2.76. The first-order chi connectivity index (χ1) is 14.1. The number of carbonyl (C=O) groups excluding carboxylic acids is 1. The molecule has 1 aliphatic heterocycles. The van der Waals surface area contributed by atoms with Gasteiger partial charge < -0.3 is 14.5 Å². The molecular weight excluding hydrogens is 431 g/mol. The predicted octanol–water partition coefficient (Wildman–Crippen LogP) is 4.39. The van der Waals surface area contributed by atoms with Gasteiger partial charge in [0.2, 0.25) is 0 Å². The molecule has 29 heavy (non-hydrogen) atoms. The van der Waals surface area contributed by atoms with E-state index >= 15 is 0 Å². The quantitative estimate of drug-likeness (QED) is 0.579. The van der Waals surface area contributed by atoms with Gasteiger partial charge in [-0.3, -0.25) is 4.79 Å². The first-order valence-corrected chi connectivity index (χ1v) is 10.8. The average Bonchev–Trinajstić information content (AvgIpc) is 3.26. The first-order valence-electron chi connectivity index (χ1n) is 9.06. The van der Waals surface area contributed by atoms with Crippen LogP contribution >= 0.6 is 34.5 Å². The van der Waals surface area contributed by atoms with Gasteiger partial charge in [-0.1, -0.05) is 35.3 Å². The zero-order chi connectivity index (χ0) is 20.2. The van der Waals surface area contributed by atoms with Gasteiger partial charge in [0.05, 0.1) is 26.8 Å². The molecule has 3 aromatic rings. The number of pyridine rings is 1. The van der Waals surface area contributed by atoms with Gasteiger partial charge in [0, 0.05) is 37.8 Å². The Balaban J connectivity index is 1.42. The van der Waals surface area contributed by atoms with Crippen molar-refractivity contribution in [2.45, 2.75) is 6.61 Å². The number of amides is 1. The summed E-state index contributed by atoms with van der Waals surface area (Å²) in [6, 6.07) is 8.99. The lowest BCUT2D eigenvalue weighted by Crippen LogP contribution is -2.49. The second-order valence-electron chi connectivity index (χ2n) is 6.50. The average molecular weight is 449 g/mol. The van der Waals surface area contributed by atoms with Crippen LogP contribution in [0.1, 0.15) is 16.1 Å². The molecule has 3 heterocycles. The van der Waals surface area contributed by atoms with Gasteiger partial charge in [-0.05, 0) is 18.2 Å². The van der Waals surface area contributed by atoms with Crippen molar-refractivity contribution in [2.75, 3.05) is 31.1 Å². The molecule has 0 saturated carbocycles. The molecule has 0 aliphatic carbocycles. The molecule has 0 spiro atoms. The summed E-state index contributed by atoms with van der Waals surface area (Å²) in [5.41, 5.74) is 3.16. The van der Waals surface area contributed by atoms with Crippen molar-refractivity contribution in [3.05, 3.63) is 68.7 Å². The SMILES string of the molecule is O=C(c1ccccc1OCc1cscn1)N1CCN(c2ncc(Cl)cc2Cl)CC1. The maximum absolute atomic E-state index is 13.1. The van der Waals surface area contributed by atoms with Gasteiger partial charge in [0.15, 0.2) is 0 Å². The van der Waals surface area contributed by atoms with Crippen LogP contribution in [0, 0.1) is 0 Å². The molecule has 1 amide bonds. The van der Waals surface area contributed by atoms with Crippen molar-refractivity contribution in [3.8, 4) is 5.75 Å². The van der Waals surface area contributed by atoms with E-state index in [1.54, 1.807) is 23.8 Å². The van der Waals surface area contributed by atoms with Crippen molar-refractivity contribution in [2.24, 2.45) is 0 Å². The second-order valence-corrected chi connectivity index (χ2v) is 8.07. The lowest BCUT2D eigenvalue weighted by atomic mass is 10.1. The summed E-state index contributed by atoms with van der Waals surface area (Å²) in [5.74, 6) is 1.21. The number of hydrogen-bond donors (Lipinski definition) is 0. The molecule has 6 nitrogen and oxygen atoms in total. The Morgan fingerprint density at radius 2 is 1.93 bits per heavy atom. The minimum atomic E-state index is -0.0475.